The summed E-state index contributed by atoms with van der Waals surface area (Å²) in [4.78, 5) is 8.70. The van der Waals surface area contributed by atoms with Crippen molar-refractivity contribution in [2.75, 3.05) is 38.5 Å². The highest BCUT2D eigenvalue weighted by atomic mass is 16.5. The van der Waals surface area contributed by atoms with Gasteiger partial charge in [-0.2, -0.15) is 0 Å². The molecule has 0 bridgehead atoms. The van der Waals surface area contributed by atoms with Gasteiger partial charge in [-0.05, 0) is 6.42 Å². The molecule has 0 unspecified atom stereocenters. The van der Waals surface area contributed by atoms with Crippen molar-refractivity contribution in [3.63, 3.8) is 0 Å². The van der Waals surface area contributed by atoms with Crippen molar-refractivity contribution >= 4 is 11.6 Å². The van der Waals surface area contributed by atoms with Crippen LogP contribution >= 0.6 is 0 Å². The predicted molar refractivity (Wildman–Crippen MR) is 68.8 cm³/mol. The second-order valence-electron chi connectivity index (χ2n) is 3.92. The van der Waals surface area contributed by atoms with Gasteiger partial charge in [0.25, 0.3) is 0 Å². The van der Waals surface area contributed by atoms with Gasteiger partial charge in [-0.1, -0.05) is 6.92 Å². The van der Waals surface area contributed by atoms with Crippen molar-refractivity contribution in [1.29, 1.82) is 0 Å². The lowest BCUT2D eigenvalue weighted by Gasteiger charge is -2.14. The number of ether oxygens (including phenoxy) is 1. The van der Waals surface area contributed by atoms with Gasteiger partial charge in [0.15, 0.2) is 5.82 Å². The van der Waals surface area contributed by atoms with E-state index in [-0.39, 0.29) is 0 Å². The molecule has 1 aromatic heterocycles. The van der Waals surface area contributed by atoms with Gasteiger partial charge in [0.2, 0.25) is 0 Å². The quantitative estimate of drug-likeness (QED) is 0.700. The van der Waals surface area contributed by atoms with Gasteiger partial charge in [-0.25, -0.2) is 15.0 Å². The number of nitrogens with one attached hydrogen (secondary N) is 2. The van der Waals surface area contributed by atoms with Crippen LogP contribution in [0.5, 0.6) is 0 Å². The van der Waals surface area contributed by atoms with Crippen LogP contribution in [-0.4, -0.2) is 42.7 Å². The van der Waals surface area contributed by atoms with Crippen LogP contribution < -0.4 is 10.7 Å². The fourth-order valence-corrected chi connectivity index (χ4v) is 1.32. The number of rotatable bonds is 7. The van der Waals surface area contributed by atoms with E-state index >= 15 is 0 Å². The normalized spacial score (nSPS) is 10.6. The van der Waals surface area contributed by atoms with Crippen molar-refractivity contribution in [2.45, 2.75) is 20.0 Å². The molecule has 0 saturated carbocycles. The molecule has 0 spiro atoms. The summed E-state index contributed by atoms with van der Waals surface area (Å²) in [5.41, 5.74) is 3.11. The first-order valence-electron chi connectivity index (χ1n) is 5.70. The van der Waals surface area contributed by atoms with E-state index in [1.165, 1.54) is 0 Å². The van der Waals surface area contributed by atoms with Gasteiger partial charge in [-0.15, -0.1) is 0 Å². The summed E-state index contributed by atoms with van der Waals surface area (Å²) in [5.74, 6) is 2.24. The summed E-state index contributed by atoms with van der Waals surface area (Å²) in [5, 5.41) is 5.08. The Kier molecular flexibility index (Phi) is 5.65. The number of aromatic nitrogens is 2. The highest BCUT2D eigenvalue weighted by molar-refractivity contribution is 5.46. The monoisotopic (exact) mass is 239 g/mol. The summed E-state index contributed by atoms with van der Waals surface area (Å²) < 4.78 is 5.05. The highest BCUT2D eigenvalue weighted by Gasteiger charge is 2.04. The number of methoxy groups -OCH3 is 1. The Labute approximate surface area is 102 Å². The van der Waals surface area contributed by atoms with E-state index in [0.29, 0.717) is 12.4 Å². The Morgan fingerprint density at radius 2 is 2.00 bits per heavy atom. The topological polar surface area (TPSA) is 62.3 Å². The lowest BCUT2D eigenvalue weighted by atomic mass is 10.4. The average molecular weight is 239 g/mol. The molecule has 1 heterocycles. The first-order valence-corrected chi connectivity index (χ1v) is 5.70. The molecule has 1 aromatic rings. The predicted octanol–water partition coefficient (Wildman–Crippen LogP) is 1.33. The van der Waals surface area contributed by atoms with E-state index in [4.69, 9.17) is 4.74 Å². The van der Waals surface area contributed by atoms with Crippen LogP contribution in [0.3, 0.4) is 0 Å². The molecular formula is C11H21N5O. The average Bonchev–Trinajstić information content (AvgIpc) is 2.25. The molecule has 2 N–H and O–H groups in total. The smallest absolute Gasteiger partial charge is 0.158 e. The summed E-state index contributed by atoms with van der Waals surface area (Å²) >= 11 is 0. The molecule has 6 heteroatoms. The maximum Gasteiger partial charge on any atom is 0.158 e. The maximum absolute atomic E-state index is 5.05. The molecule has 0 atom stereocenters. The van der Waals surface area contributed by atoms with Crippen LogP contribution in [0.2, 0.25) is 0 Å². The highest BCUT2D eigenvalue weighted by Crippen LogP contribution is 2.12. The Morgan fingerprint density at radius 3 is 2.59 bits per heavy atom. The van der Waals surface area contributed by atoms with Gasteiger partial charge >= 0.3 is 0 Å². The second kappa shape index (κ2) is 7.03. The van der Waals surface area contributed by atoms with Crippen molar-refractivity contribution in [3.8, 4) is 0 Å². The third-order valence-electron chi connectivity index (χ3n) is 1.94. The van der Waals surface area contributed by atoms with E-state index in [2.05, 4.69) is 27.6 Å². The molecule has 0 aromatic carbocycles. The van der Waals surface area contributed by atoms with Crippen molar-refractivity contribution in [3.05, 3.63) is 11.9 Å². The van der Waals surface area contributed by atoms with Crippen molar-refractivity contribution < 1.29 is 4.74 Å². The fourth-order valence-electron chi connectivity index (χ4n) is 1.32. The second-order valence-corrected chi connectivity index (χ2v) is 3.92. The number of hydrazine groups is 1. The fraction of sp³-hybridized carbons (Fsp3) is 0.636. The minimum Gasteiger partial charge on any atom is -0.377 e. The Bertz CT molecular complexity index is 343. The van der Waals surface area contributed by atoms with Gasteiger partial charge in [0, 0.05) is 33.8 Å². The largest absolute Gasteiger partial charge is 0.377 e. The van der Waals surface area contributed by atoms with Crippen LogP contribution in [-0.2, 0) is 11.3 Å². The van der Waals surface area contributed by atoms with Gasteiger partial charge in [0.1, 0.15) is 18.2 Å². The Hall–Kier alpha value is -1.40. The number of hydrogen-bond donors (Lipinski definition) is 2. The third-order valence-corrected chi connectivity index (χ3v) is 1.94. The standard InChI is InChI=1S/C11H21N5O/c1-5-6-12-9-7-10(15-16(2)3)14-11(13-9)8-17-4/h7H,5-6,8H2,1-4H3,(H2,12,13,14,15). The summed E-state index contributed by atoms with van der Waals surface area (Å²) in [6, 6.07) is 1.88. The van der Waals surface area contributed by atoms with E-state index in [0.717, 1.165) is 24.6 Å². The van der Waals surface area contributed by atoms with E-state index in [1.54, 1.807) is 7.11 Å². The summed E-state index contributed by atoms with van der Waals surface area (Å²) in [6.45, 7) is 3.41. The van der Waals surface area contributed by atoms with E-state index in [9.17, 15) is 0 Å². The molecule has 0 aliphatic carbocycles. The molecule has 0 radical (unpaired) electrons. The van der Waals surface area contributed by atoms with E-state index < -0.39 is 0 Å². The molecule has 96 valence electrons. The van der Waals surface area contributed by atoms with Crippen LogP contribution in [0.4, 0.5) is 11.6 Å². The number of anilines is 2. The zero-order chi connectivity index (χ0) is 12.7. The molecule has 0 saturated heterocycles. The van der Waals surface area contributed by atoms with Gasteiger partial charge in [0.05, 0.1) is 0 Å². The zero-order valence-corrected chi connectivity index (χ0v) is 10.9. The van der Waals surface area contributed by atoms with Crippen molar-refractivity contribution in [2.24, 2.45) is 0 Å². The Morgan fingerprint density at radius 1 is 1.29 bits per heavy atom. The van der Waals surface area contributed by atoms with Crippen molar-refractivity contribution in [1.82, 2.24) is 15.0 Å². The van der Waals surface area contributed by atoms with Crippen LogP contribution in [0.1, 0.15) is 19.2 Å². The zero-order valence-electron chi connectivity index (χ0n) is 10.9. The lowest BCUT2D eigenvalue weighted by molar-refractivity contribution is 0.178. The van der Waals surface area contributed by atoms with Crippen LogP contribution in [0.25, 0.3) is 0 Å². The molecule has 17 heavy (non-hydrogen) atoms. The van der Waals surface area contributed by atoms with Gasteiger partial charge < -0.3 is 15.5 Å². The molecule has 0 aliphatic rings. The summed E-state index contributed by atoms with van der Waals surface area (Å²) in [7, 11) is 5.46. The molecule has 0 amide bonds. The van der Waals surface area contributed by atoms with Gasteiger partial charge in [-0.3, -0.25) is 0 Å². The summed E-state index contributed by atoms with van der Waals surface area (Å²) in [6.07, 6.45) is 1.06. The number of nitrogens with zero attached hydrogens (tertiary/aromatic N) is 3. The van der Waals surface area contributed by atoms with Crippen LogP contribution in [0, 0.1) is 0 Å². The molecule has 0 aliphatic heterocycles. The molecule has 0 fully saturated rings. The first kappa shape index (κ1) is 13.7. The van der Waals surface area contributed by atoms with Crippen LogP contribution in [0.15, 0.2) is 6.07 Å². The molecular weight excluding hydrogens is 218 g/mol. The Balaban J connectivity index is 2.84. The maximum atomic E-state index is 5.05. The SMILES string of the molecule is CCCNc1cc(NN(C)C)nc(COC)n1. The third kappa shape index (κ3) is 4.97. The molecule has 1 rings (SSSR count). The molecule has 6 nitrogen and oxygen atoms in total. The lowest BCUT2D eigenvalue weighted by Crippen LogP contribution is -2.21. The van der Waals surface area contributed by atoms with E-state index in [1.807, 2.05) is 25.2 Å². The minimum atomic E-state index is 0.407. The number of hydrogen-bond acceptors (Lipinski definition) is 6. The minimum absolute atomic E-state index is 0.407. The first-order chi connectivity index (χ1) is 8.15.